The monoisotopic (exact) mass is 783 g/mol. The van der Waals surface area contributed by atoms with E-state index in [9.17, 15) is 19.8 Å². The number of ketones is 2. The third-order valence-electron chi connectivity index (χ3n) is 11.2. The van der Waals surface area contributed by atoms with Crippen LogP contribution in [0.4, 0.5) is 0 Å². The maximum Gasteiger partial charge on any atom is 0.135 e. The third-order valence-corrected chi connectivity index (χ3v) is 11.2. The average Bonchev–Trinajstić information content (AvgIpc) is 3.84. The van der Waals surface area contributed by atoms with Crippen LogP contribution in [0.1, 0.15) is 131 Å². The van der Waals surface area contributed by atoms with E-state index >= 15 is 0 Å². The van der Waals surface area contributed by atoms with E-state index < -0.39 is 48.8 Å². The minimum Gasteiger partial charge on any atom is -0.394 e. The highest BCUT2D eigenvalue weighted by Crippen LogP contribution is 2.40. The molecule has 0 aromatic heterocycles. The average molecular weight is 783 g/mol. The molecule has 6 rings (SSSR count). The molecule has 6 fully saturated rings. The fourth-order valence-corrected chi connectivity index (χ4v) is 8.13. The van der Waals surface area contributed by atoms with Gasteiger partial charge in [0.05, 0.1) is 62.0 Å². The van der Waals surface area contributed by atoms with Gasteiger partial charge in [-0.1, -0.05) is 52.8 Å². The van der Waals surface area contributed by atoms with Crippen LogP contribution in [0.25, 0.3) is 0 Å². The van der Waals surface area contributed by atoms with E-state index in [1.165, 1.54) is 13.3 Å². The number of Topliss-reactive ketones (excluding diaryl/α,β-unsaturated/α-hetero) is 2. The maximum absolute atomic E-state index is 13.0. The minimum absolute atomic E-state index is 0.00496. The molecule has 6 aliphatic heterocycles. The molecule has 0 saturated carbocycles. The van der Waals surface area contributed by atoms with Gasteiger partial charge in [-0.25, -0.2) is 0 Å². The van der Waals surface area contributed by atoms with E-state index in [1.54, 1.807) is 0 Å². The van der Waals surface area contributed by atoms with Crippen molar-refractivity contribution in [2.24, 2.45) is 5.92 Å². The third kappa shape index (κ3) is 14.6. The fraction of sp³-hybridized carbons (Fsp3) is 0.860. The summed E-state index contributed by atoms with van der Waals surface area (Å²) in [5.74, 6) is 0.385. The Morgan fingerprint density at radius 1 is 0.800 bits per heavy atom. The van der Waals surface area contributed by atoms with Crippen LogP contribution in [0.5, 0.6) is 0 Å². The summed E-state index contributed by atoms with van der Waals surface area (Å²) < 4.78 is 36.2. The molecule has 10 unspecified atom stereocenters. The zero-order chi connectivity index (χ0) is 40.7. The molecule has 6 aliphatic rings. The number of rotatable bonds is 13. The summed E-state index contributed by atoms with van der Waals surface area (Å²) in [5, 5.41) is 38.3. The van der Waals surface area contributed by atoms with E-state index in [0.717, 1.165) is 49.7 Å². The fourth-order valence-electron chi connectivity index (χ4n) is 8.13. The number of ether oxygens (including phenoxy) is 6. The maximum atomic E-state index is 13.0. The molecule has 12 heteroatoms. The first kappa shape index (κ1) is 47.8. The first-order valence-electron chi connectivity index (χ1n) is 21.2. The van der Waals surface area contributed by atoms with E-state index in [-0.39, 0.29) is 61.0 Å². The smallest absolute Gasteiger partial charge is 0.135 e. The predicted molar refractivity (Wildman–Crippen MR) is 210 cm³/mol. The van der Waals surface area contributed by atoms with Gasteiger partial charge in [0.2, 0.25) is 0 Å². The standard InChI is InChI=1S/C35H52O10.C3H8O2.C3H8.C2H6/c1-19-4-6-25(41-18-19)8-10-28-20(2)14-26(42-28)7-5-23(36)17-30-31(38)34-35(45-30)32(39)33-29(44-34)11-9-27(43-33)16-24(37)15-22-12-13-40-21(22)3;1-3(5)2-4;1-3-2;1-2/h21-22,25-35,38-39H,1-2,4-18H2,3H3;3-5H,2H2,1H3;3H2,1-2H3;1-2H3/t21-,22?,25+,26?,27?,28-,29?,30?,31?,32?,33-,34?,35?;;;/m0.../s1. The van der Waals surface area contributed by atoms with Crippen LogP contribution < -0.4 is 0 Å². The molecule has 0 bridgehead atoms. The number of aliphatic hydroxyl groups is 4. The van der Waals surface area contributed by atoms with Crippen LogP contribution in [-0.4, -0.2) is 131 Å². The molecule has 0 amide bonds. The normalized spacial score (nSPS) is 37.2. The molecule has 0 aromatic carbocycles. The number of fused-ring (bicyclic) bond motifs is 2. The summed E-state index contributed by atoms with van der Waals surface area (Å²) in [4.78, 5) is 25.7. The molecule has 318 valence electrons. The van der Waals surface area contributed by atoms with Crippen LogP contribution in [0, 0.1) is 5.92 Å². The lowest BCUT2D eigenvalue weighted by molar-refractivity contribution is -0.259. The molecule has 0 aliphatic carbocycles. The highest BCUT2D eigenvalue weighted by molar-refractivity contribution is 5.79. The van der Waals surface area contributed by atoms with Crippen LogP contribution in [0.2, 0.25) is 0 Å². The van der Waals surface area contributed by atoms with Crippen molar-refractivity contribution in [1.29, 1.82) is 0 Å². The van der Waals surface area contributed by atoms with E-state index in [4.69, 9.17) is 38.6 Å². The molecular formula is C43H74O12. The number of aliphatic hydroxyl groups excluding tert-OH is 4. The lowest BCUT2D eigenvalue weighted by Gasteiger charge is -2.46. The van der Waals surface area contributed by atoms with Crippen molar-refractivity contribution in [2.45, 2.75) is 211 Å². The van der Waals surface area contributed by atoms with E-state index in [2.05, 4.69) is 27.0 Å². The zero-order valence-corrected chi connectivity index (χ0v) is 34.6. The van der Waals surface area contributed by atoms with Gasteiger partial charge in [-0.2, -0.15) is 0 Å². The highest BCUT2D eigenvalue weighted by Gasteiger charge is 2.57. The number of hydrogen-bond donors (Lipinski definition) is 4. The first-order chi connectivity index (χ1) is 26.3. The summed E-state index contributed by atoms with van der Waals surface area (Å²) in [7, 11) is 0. The summed E-state index contributed by atoms with van der Waals surface area (Å²) in [6.07, 6.45) is 3.82. The molecule has 6 heterocycles. The Morgan fingerprint density at radius 2 is 1.49 bits per heavy atom. The predicted octanol–water partition coefficient (Wildman–Crippen LogP) is 5.34. The van der Waals surface area contributed by atoms with Crippen molar-refractivity contribution in [1.82, 2.24) is 0 Å². The quantitative estimate of drug-likeness (QED) is 0.177. The second-order valence-electron chi connectivity index (χ2n) is 16.1. The van der Waals surface area contributed by atoms with E-state index in [1.807, 2.05) is 20.8 Å². The molecule has 0 radical (unpaired) electrons. The van der Waals surface area contributed by atoms with Crippen LogP contribution in [0.15, 0.2) is 24.3 Å². The van der Waals surface area contributed by atoms with Crippen LogP contribution in [-0.2, 0) is 38.0 Å². The van der Waals surface area contributed by atoms with E-state index in [0.29, 0.717) is 51.7 Å². The van der Waals surface area contributed by atoms with Gasteiger partial charge in [-0.3, -0.25) is 9.59 Å². The summed E-state index contributed by atoms with van der Waals surface area (Å²) in [6.45, 7) is 21.2. The van der Waals surface area contributed by atoms with Crippen molar-refractivity contribution >= 4 is 11.6 Å². The molecule has 12 nitrogen and oxygen atoms in total. The Hall–Kier alpha value is -1.58. The molecule has 14 atom stereocenters. The van der Waals surface area contributed by atoms with Crippen molar-refractivity contribution in [3.05, 3.63) is 24.3 Å². The molecule has 6 saturated heterocycles. The van der Waals surface area contributed by atoms with Crippen molar-refractivity contribution in [2.75, 3.05) is 19.8 Å². The number of carbonyl (C=O) groups excluding carboxylic acids is 2. The molecule has 0 aromatic rings. The number of carbonyl (C=O) groups is 2. The lowest BCUT2D eigenvalue weighted by Crippen LogP contribution is -2.61. The van der Waals surface area contributed by atoms with Gasteiger partial charge in [-0.15, -0.1) is 0 Å². The van der Waals surface area contributed by atoms with Gasteiger partial charge in [0.15, 0.2) is 0 Å². The lowest BCUT2D eigenvalue weighted by atomic mass is 9.86. The Balaban J connectivity index is 0.000000732. The van der Waals surface area contributed by atoms with Crippen molar-refractivity contribution < 1.29 is 58.4 Å². The van der Waals surface area contributed by atoms with Gasteiger partial charge in [0.25, 0.3) is 0 Å². The molecule has 4 N–H and O–H groups in total. The second kappa shape index (κ2) is 24.4. The number of hydrogen-bond acceptors (Lipinski definition) is 12. The molecule has 55 heavy (non-hydrogen) atoms. The minimum atomic E-state index is -1.02. The van der Waals surface area contributed by atoms with Gasteiger partial charge in [0.1, 0.15) is 42.1 Å². The SMILES string of the molecule is C=C1CC[C@H](CC[C@@H]2OC(CCC(=O)CC3OC4C(OC5CCC(CC(=O)CC6CCO[C@H]6C)O[C@@H]5C4O)C3O)CC2=C)OC1.CC.CC(O)CO.CCC. The van der Waals surface area contributed by atoms with Crippen LogP contribution in [0.3, 0.4) is 0 Å². The van der Waals surface area contributed by atoms with Gasteiger partial charge in [0, 0.05) is 32.3 Å². The summed E-state index contributed by atoms with van der Waals surface area (Å²) >= 11 is 0. The second-order valence-corrected chi connectivity index (χ2v) is 16.1. The summed E-state index contributed by atoms with van der Waals surface area (Å²) in [5.41, 5.74) is 2.23. The first-order valence-corrected chi connectivity index (χ1v) is 21.2. The van der Waals surface area contributed by atoms with Gasteiger partial charge in [-0.05, 0) is 83.1 Å². The van der Waals surface area contributed by atoms with Gasteiger partial charge < -0.3 is 48.8 Å². The molecule has 0 spiro atoms. The Morgan fingerprint density at radius 3 is 2.11 bits per heavy atom. The Labute approximate surface area is 330 Å². The zero-order valence-electron chi connectivity index (χ0n) is 34.6. The Kier molecular flexibility index (Phi) is 21.2. The van der Waals surface area contributed by atoms with Crippen LogP contribution >= 0.6 is 0 Å². The molecular weight excluding hydrogens is 708 g/mol. The Bertz CT molecular complexity index is 1170. The topological polar surface area (TPSA) is 170 Å². The van der Waals surface area contributed by atoms with Gasteiger partial charge >= 0.3 is 0 Å². The summed E-state index contributed by atoms with van der Waals surface area (Å²) in [6, 6.07) is 0. The van der Waals surface area contributed by atoms with Crippen molar-refractivity contribution in [3.63, 3.8) is 0 Å². The van der Waals surface area contributed by atoms with Crippen molar-refractivity contribution in [3.8, 4) is 0 Å². The largest absolute Gasteiger partial charge is 0.394 e. The highest BCUT2D eigenvalue weighted by atomic mass is 16.6.